The van der Waals surface area contributed by atoms with Gasteiger partial charge in [-0.15, -0.1) is 0 Å². The van der Waals surface area contributed by atoms with Crippen LogP contribution in [0.25, 0.3) is 0 Å². The number of rotatable bonds is 2. The molecule has 0 spiro atoms. The Bertz CT molecular complexity index is 395. The normalized spacial score (nSPS) is 20.8. The summed E-state index contributed by atoms with van der Waals surface area (Å²) < 4.78 is 0. The van der Waals surface area contributed by atoms with E-state index in [1.807, 2.05) is 11.0 Å². The zero-order chi connectivity index (χ0) is 11.5. The maximum absolute atomic E-state index is 10.6. The number of hydrogen-bond acceptors (Lipinski definition) is 4. The van der Waals surface area contributed by atoms with E-state index in [0.717, 1.165) is 25.1 Å². The largest absolute Gasteiger partial charge is 0.391 e. The van der Waals surface area contributed by atoms with E-state index in [9.17, 15) is 15.2 Å². The summed E-state index contributed by atoms with van der Waals surface area (Å²) in [5.41, 5.74) is 0.908. The van der Waals surface area contributed by atoms with Gasteiger partial charge >= 0.3 is 0 Å². The number of benzene rings is 1. The van der Waals surface area contributed by atoms with Crippen LogP contribution < -0.4 is 4.90 Å². The van der Waals surface area contributed by atoms with Gasteiger partial charge in [0, 0.05) is 30.9 Å². The van der Waals surface area contributed by atoms with E-state index in [0.29, 0.717) is 6.54 Å². The number of aliphatic hydroxyl groups is 1. The first-order valence-corrected chi connectivity index (χ1v) is 5.34. The van der Waals surface area contributed by atoms with Gasteiger partial charge in [-0.1, -0.05) is 6.07 Å². The Morgan fingerprint density at radius 1 is 1.50 bits per heavy atom. The molecule has 1 atom stereocenters. The highest BCUT2D eigenvalue weighted by Crippen LogP contribution is 2.24. The van der Waals surface area contributed by atoms with Crippen molar-refractivity contribution in [3.05, 3.63) is 34.4 Å². The monoisotopic (exact) mass is 222 g/mol. The molecule has 16 heavy (non-hydrogen) atoms. The number of non-ortho nitro benzene ring substituents is 1. The van der Waals surface area contributed by atoms with E-state index in [1.165, 1.54) is 6.07 Å². The van der Waals surface area contributed by atoms with Gasteiger partial charge in [-0.2, -0.15) is 0 Å². The van der Waals surface area contributed by atoms with Crippen molar-refractivity contribution in [2.45, 2.75) is 18.9 Å². The molecule has 0 bridgehead atoms. The molecular formula is C11H14N2O3. The second-order valence-corrected chi connectivity index (χ2v) is 4.02. The summed E-state index contributed by atoms with van der Waals surface area (Å²) in [4.78, 5) is 12.2. The maximum atomic E-state index is 10.6. The highest BCUT2D eigenvalue weighted by molar-refractivity contribution is 5.53. The lowest BCUT2D eigenvalue weighted by molar-refractivity contribution is -0.384. The fourth-order valence-electron chi connectivity index (χ4n) is 1.99. The van der Waals surface area contributed by atoms with Crippen molar-refractivity contribution in [1.82, 2.24) is 0 Å². The molecule has 2 rings (SSSR count). The second kappa shape index (κ2) is 4.49. The molecule has 0 aliphatic carbocycles. The molecule has 1 heterocycles. The number of piperidine rings is 1. The number of β-amino-alcohol motifs (C(OH)–C–C–N with tert-alkyl or cyclic N) is 1. The number of nitro groups is 1. The SMILES string of the molecule is O=[N+]([O-])c1cccc(N2CCC[C@H](O)C2)c1. The third-order valence-corrected chi connectivity index (χ3v) is 2.80. The van der Waals surface area contributed by atoms with Crippen LogP contribution in [-0.2, 0) is 0 Å². The van der Waals surface area contributed by atoms with E-state index >= 15 is 0 Å². The van der Waals surface area contributed by atoms with Gasteiger partial charge in [0.05, 0.1) is 11.0 Å². The highest BCUT2D eigenvalue weighted by atomic mass is 16.6. The molecule has 1 saturated heterocycles. The minimum absolute atomic E-state index is 0.0950. The van der Waals surface area contributed by atoms with Crippen LogP contribution in [0.5, 0.6) is 0 Å². The predicted octanol–water partition coefficient (Wildman–Crippen LogP) is 1.56. The average Bonchev–Trinajstić information content (AvgIpc) is 2.29. The molecule has 1 fully saturated rings. The third-order valence-electron chi connectivity index (χ3n) is 2.80. The van der Waals surface area contributed by atoms with Crippen molar-refractivity contribution < 1.29 is 10.0 Å². The Morgan fingerprint density at radius 3 is 3.00 bits per heavy atom. The van der Waals surface area contributed by atoms with Crippen LogP contribution in [0.1, 0.15) is 12.8 Å². The van der Waals surface area contributed by atoms with Crippen LogP contribution in [0.15, 0.2) is 24.3 Å². The van der Waals surface area contributed by atoms with Crippen LogP contribution in [0.4, 0.5) is 11.4 Å². The van der Waals surface area contributed by atoms with E-state index in [2.05, 4.69) is 0 Å². The van der Waals surface area contributed by atoms with Gasteiger partial charge in [-0.25, -0.2) is 0 Å². The van der Waals surface area contributed by atoms with E-state index in [1.54, 1.807) is 12.1 Å². The first-order valence-electron chi connectivity index (χ1n) is 5.34. The molecule has 1 aromatic carbocycles. The molecule has 0 saturated carbocycles. The average molecular weight is 222 g/mol. The fraction of sp³-hybridized carbons (Fsp3) is 0.455. The minimum Gasteiger partial charge on any atom is -0.391 e. The second-order valence-electron chi connectivity index (χ2n) is 4.02. The number of anilines is 1. The number of aliphatic hydroxyl groups excluding tert-OH is 1. The van der Waals surface area contributed by atoms with Crippen molar-refractivity contribution in [1.29, 1.82) is 0 Å². The van der Waals surface area contributed by atoms with Crippen molar-refractivity contribution in [3.8, 4) is 0 Å². The molecule has 5 nitrogen and oxygen atoms in total. The van der Waals surface area contributed by atoms with Crippen molar-refractivity contribution in [2.75, 3.05) is 18.0 Å². The Balaban J connectivity index is 2.19. The Morgan fingerprint density at radius 2 is 2.31 bits per heavy atom. The molecule has 86 valence electrons. The summed E-state index contributed by atoms with van der Waals surface area (Å²) in [6.07, 6.45) is 1.41. The van der Waals surface area contributed by atoms with Gasteiger partial charge in [0.1, 0.15) is 0 Å². The third kappa shape index (κ3) is 2.30. The van der Waals surface area contributed by atoms with Crippen LogP contribution in [0, 0.1) is 10.1 Å². The van der Waals surface area contributed by atoms with E-state index < -0.39 is 4.92 Å². The zero-order valence-electron chi connectivity index (χ0n) is 8.87. The molecule has 0 amide bonds. The van der Waals surface area contributed by atoms with Crippen molar-refractivity contribution in [2.24, 2.45) is 0 Å². The fourth-order valence-corrected chi connectivity index (χ4v) is 1.99. The standard InChI is InChI=1S/C11H14N2O3/c14-11-5-2-6-12(8-11)9-3-1-4-10(7-9)13(15)16/h1,3-4,7,11,14H,2,5-6,8H2/t11-/m0/s1. The van der Waals surface area contributed by atoms with Crippen LogP contribution in [-0.4, -0.2) is 29.2 Å². The molecule has 1 N–H and O–H groups in total. The molecule has 0 unspecified atom stereocenters. The van der Waals surface area contributed by atoms with Crippen molar-refractivity contribution >= 4 is 11.4 Å². The molecule has 1 aromatic rings. The van der Waals surface area contributed by atoms with Crippen LogP contribution in [0.3, 0.4) is 0 Å². The lowest BCUT2D eigenvalue weighted by Crippen LogP contribution is -2.38. The summed E-state index contributed by atoms with van der Waals surface area (Å²) in [5, 5.41) is 20.2. The van der Waals surface area contributed by atoms with Gasteiger partial charge in [0.15, 0.2) is 0 Å². The van der Waals surface area contributed by atoms with E-state index in [4.69, 9.17) is 0 Å². The number of nitrogens with zero attached hydrogens (tertiary/aromatic N) is 2. The molecule has 0 radical (unpaired) electrons. The number of hydrogen-bond donors (Lipinski definition) is 1. The van der Waals surface area contributed by atoms with Crippen LogP contribution in [0.2, 0.25) is 0 Å². The van der Waals surface area contributed by atoms with Crippen LogP contribution >= 0.6 is 0 Å². The topological polar surface area (TPSA) is 66.6 Å². The van der Waals surface area contributed by atoms with Crippen molar-refractivity contribution in [3.63, 3.8) is 0 Å². The number of nitro benzene ring substituents is 1. The maximum Gasteiger partial charge on any atom is 0.271 e. The Hall–Kier alpha value is -1.62. The van der Waals surface area contributed by atoms with Gasteiger partial charge in [0.2, 0.25) is 0 Å². The van der Waals surface area contributed by atoms with Gasteiger partial charge in [0.25, 0.3) is 5.69 Å². The summed E-state index contributed by atoms with van der Waals surface area (Å²) in [6.45, 7) is 1.40. The summed E-state index contributed by atoms with van der Waals surface area (Å²) in [7, 11) is 0. The van der Waals surface area contributed by atoms with Gasteiger partial charge in [-0.05, 0) is 18.9 Å². The zero-order valence-corrected chi connectivity index (χ0v) is 8.87. The first-order chi connectivity index (χ1) is 7.66. The van der Waals surface area contributed by atoms with Gasteiger partial charge < -0.3 is 10.0 Å². The molecule has 1 aliphatic rings. The Kier molecular flexibility index (Phi) is 3.05. The predicted molar refractivity (Wildman–Crippen MR) is 60.6 cm³/mol. The quantitative estimate of drug-likeness (QED) is 0.609. The summed E-state index contributed by atoms with van der Waals surface area (Å²) in [5.74, 6) is 0. The molecule has 1 aliphatic heterocycles. The lowest BCUT2D eigenvalue weighted by Gasteiger charge is -2.31. The van der Waals surface area contributed by atoms with Gasteiger partial charge in [-0.3, -0.25) is 10.1 Å². The first kappa shape index (κ1) is 10.9. The molecule has 5 heteroatoms. The highest BCUT2D eigenvalue weighted by Gasteiger charge is 2.19. The molecule has 0 aromatic heterocycles. The smallest absolute Gasteiger partial charge is 0.271 e. The summed E-state index contributed by atoms with van der Waals surface area (Å²) >= 11 is 0. The Labute approximate surface area is 93.5 Å². The van der Waals surface area contributed by atoms with E-state index in [-0.39, 0.29) is 11.8 Å². The molecular weight excluding hydrogens is 208 g/mol. The minimum atomic E-state index is -0.399. The summed E-state index contributed by atoms with van der Waals surface area (Å²) in [6, 6.07) is 6.54. The lowest BCUT2D eigenvalue weighted by atomic mass is 10.1.